The lowest BCUT2D eigenvalue weighted by atomic mass is 10.0. The van der Waals surface area contributed by atoms with Crippen LogP contribution < -0.4 is 0 Å². The molecule has 0 aromatic heterocycles. The molecule has 1 aliphatic rings. The molecule has 1 heterocycles. The van der Waals surface area contributed by atoms with Crippen molar-refractivity contribution in [3.63, 3.8) is 0 Å². The molecule has 0 N–H and O–H groups in total. The molecule has 1 atom stereocenters. The first-order chi connectivity index (χ1) is 13.2. The monoisotopic (exact) mass is 400 g/mol. The molecule has 0 radical (unpaired) electrons. The van der Waals surface area contributed by atoms with Crippen molar-refractivity contribution in [3.05, 3.63) is 65.2 Å². The maximum Gasteiger partial charge on any atom is 0.254 e. The number of amides is 1. The van der Waals surface area contributed by atoms with Crippen LogP contribution >= 0.6 is 0 Å². The molecule has 5 nitrogen and oxygen atoms in total. The fraction of sp³-hybridized carbons (Fsp3) is 0.409. The number of carbonyl (C=O) groups excluding carboxylic acids is 1. The van der Waals surface area contributed by atoms with Gasteiger partial charge in [-0.3, -0.25) is 4.79 Å². The fourth-order valence-electron chi connectivity index (χ4n) is 3.54. The Morgan fingerprint density at radius 2 is 1.82 bits per heavy atom. The lowest BCUT2D eigenvalue weighted by Crippen LogP contribution is -2.33. The summed E-state index contributed by atoms with van der Waals surface area (Å²) in [6, 6.07) is 14.5. The molecule has 1 amide bonds. The summed E-state index contributed by atoms with van der Waals surface area (Å²) in [4.78, 5) is 15.2. The standard InChI is InChI=1S/C22H28N2O3S/c1-16(2)23(4)28(26,27)20-8-5-7-19(15-20)22(25)24-14-6-9-21(24)18-12-10-17(3)11-13-18/h5,7-8,10-13,15-16,21H,6,9,14H2,1-4H3. The minimum absolute atomic E-state index is 0.0340. The van der Waals surface area contributed by atoms with Crippen LogP contribution in [0.2, 0.25) is 0 Å². The van der Waals surface area contributed by atoms with E-state index in [4.69, 9.17) is 0 Å². The molecule has 1 aliphatic heterocycles. The number of hydrogen-bond donors (Lipinski definition) is 0. The molecule has 150 valence electrons. The topological polar surface area (TPSA) is 57.7 Å². The number of benzene rings is 2. The van der Waals surface area contributed by atoms with E-state index in [0.717, 1.165) is 18.4 Å². The summed E-state index contributed by atoms with van der Waals surface area (Å²) in [5, 5.41) is 0. The minimum Gasteiger partial charge on any atom is -0.332 e. The summed E-state index contributed by atoms with van der Waals surface area (Å²) in [6.07, 6.45) is 1.86. The van der Waals surface area contributed by atoms with E-state index in [1.807, 2.05) is 25.7 Å². The number of carbonyl (C=O) groups is 1. The summed E-state index contributed by atoms with van der Waals surface area (Å²) in [5.74, 6) is -0.118. The number of hydrogen-bond acceptors (Lipinski definition) is 3. The van der Waals surface area contributed by atoms with Gasteiger partial charge in [-0.25, -0.2) is 8.42 Å². The summed E-state index contributed by atoms with van der Waals surface area (Å²) < 4.78 is 26.9. The number of likely N-dealkylation sites (tertiary alicyclic amines) is 1. The Balaban J connectivity index is 1.89. The quantitative estimate of drug-likeness (QED) is 0.762. The second kappa shape index (κ2) is 8.05. The van der Waals surface area contributed by atoms with Gasteiger partial charge in [0.25, 0.3) is 5.91 Å². The van der Waals surface area contributed by atoms with E-state index < -0.39 is 10.0 Å². The second-order valence-electron chi connectivity index (χ2n) is 7.71. The molecular weight excluding hydrogens is 372 g/mol. The van der Waals surface area contributed by atoms with Crippen molar-refractivity contribution in [2.24, 2.45) is 0 Å². The van der Waals surface area contributed by atoms with E-state index in [2.05, 4.69) is 24.3 Å². The maximum atomic E-state index is 13.2. The van der Waals surface area contributed by atoms with Crippen molar-refractivity contribution < 1.29 is 13.2 Å². The van der Waals surface area contributed by atoms with Crippen molar-refractivity contribution in [2.45, 2.75) is 50.6 Å². The van der Waals surface area contributed by atoms with Crippen LogP contribution in [0.5, 0.6) is 0 Å². The molecule has 2 aromatic carbocycles. The average Bonchev–Trinajstić information content (AvgIpc) is 3.17. The summed E-state index contributed by atoms with van der Waals surface area (Å²) in [7, 11) is -2.07. The first-order valence-electron chi connectivity index (χ1n) is 9.67. The number of aryl methyl sites for hydroxylation is 1. The van der Waals surface area contributed by atoms with Crippen LogP contribution in [0, 0.1) is 6.92 Å². The number of sulfonamides is 1. The van der Waals surface area contributed by atoms with Gasteiger partial charge in [-0.1, -0.05) is 35.9 Å². The van der Waals surface area contributed by atoms with Crippen molar-refractivity contribution >= 4 is 15.9 Å². The Bertz CT molecular complexity index is 952. The van der Waals surface area contributed by atoms with Crippen molar-refractivity contribution in [2.75, 3.05) is 13.6 Å². The third kappa shape index (κ3) is 3.98. The molecule has 1 fully saturated rings. The van der Waals surface area contributed by atoms with E-state index in [-0.39, 0.29) is 22.9 Å². The highest BCUT2D eigenvalue weighted by molar-refractivity contribution is 7.89. The van der Waals surface area contributed by atoms with Crippen molar-refractivity contribution in [1.82, 2.24) is 9.21 Å². The predicted octanol–water partition coefficient (Wildman–Crippen LogP) is 4.00. The largest absolute Gasteiger partial charge is 0.332 e. The van der Waals surface area contributed by atoms with Crippen LogP contribution in [0.25, 0.3) is 0 Å². The Hall–Kier alpha value is -2.18. The smallest absolute Gasteiger partial charge is 0.254 e. The van der Waals surface area contributed by atoms with E-state index in [1.54, 1.807) is 25.2 Å². The van der Waals surface area contributed by atoms with Crippen LogP contribution in [0.3, 0.4) is 0 Å². The zero-order chi connectivity index (χ0) is 20.5. The molecule has 0 aliphatic carbocycles. The highest BCUT2D eigenvalue weighted by Crippen LogP contribution is 2.33. The Kier molecular flexibility index (Phi) is 5.91. The summed E-state index contributed by atoms with van der Waals surface area (Å²) in [6.45, 7) is 6.37. The van der Waals surface area contributed by atoms with Gasteiger partial charge in [-0.15, -0.1) is 0 Å². The highest BCUT2D eigenvalue weighted by atomic mass is 32.2. The zero-order valence-electron chi connectivity index (χ0n) is 16.9. The molecule has 0 bridgehead atoms. The molecule has 0 spiro atoms. The Morgan fingerprint density at radius 3 is 2.46 bits per heavy atom. The zero-order valence-corrected chi connectivity index (χ0v) is 17.7. The lowest BCUT2D eigenvalue weighted by Gasteiger charge is -2.26. The average molecular weight is 401 g/mol. The minimum atomic E-state index is -3.63. The lowest BCUT2D eigenvalue weighted by molar-refractivity contribution is 0.0735. The molecular formula is C22H28N2O3S. The third-order valence-corrected chi connectivity index (χ3v) is 7.49. The van der Waals surface area contributed by atoms with E-state index in [1.165, 1.54) is 15.9 Å². The molecule has 1 saturated heterocycles. The van der Waals surface area contributed by atoms with Gasteiger partial charge >= 0.3 is 0 Å². The van der Waals surface area contributed by atoms with Gasteiger partial charge in [0.05, 0.1) is 10.9 Å². The summed E-state index contributed by atoms with van der Waals surface area (Å²) >= 11 is 0. The second-order valence-corrected chi connectivity index (χ2v) is 9.71. The predicted molar refractivity (Wildman–Crippen MR) is 111 cm³/mol. The van der Waals surface area contributed by atoms with Gasteiger partial charge in [0.15, 0.2) is 0 Å². The van der Waals surface area contributed by atoms with Crippen molar-refractivity contribution in [3.8, 4) is 0 Å². The van der Waals surface area contributed by atoms with Gasteiger partial charge in [0, 0.05) is 25.2 Å². The third-order valence-electron chi connectivity index (χ3n) is 5.46. The molecule has 6 heteroatoms. The number of rotatable bonds is 5. The van der Waals surface area contributed by atoms with Gasteiger partial charge in [-0.05, 0) is 57.4 Å². The van der Waals surface area contributed by atoms with Gasteiger partial charge in [0.2, 0.25) is 10.0 Å². The van der Waals surface area contributed by atoms with Crippen LogP contribution in [0.15, 0.2) is 53.4 Å². The number of nitrogens with zero attached hydrogens (tertiary/aromatic N) is 2. The highest BCUT2D eigenvalue weighted by Gasteiger charge is 2.31. The van der Waals surface area contributed by atoms with Gasteiger partial charge in [0.1, 0.15) is 0 Å². The van der Waals surface area contributed by atoms with Crippen LogP contribution in [0.1, 0.15) is 54.2 Å². The van der Waals surface area contributed by atoms with E-state index in [0.29, 0.717) is 12.1 Å². The molecule has 3 rings (SSSR count). The van der Waals surface area contributed by atoms with Crippen LogP contribution in [0.4, 0.5) is 0 Å². The van der Waals surface area contributed by atoms with Gasteiger partial charge < -0.3 is 4.90 Å². The molecule has 1 unspecified atom stereocenters. The normalized spacial score (nSPS) is 17.5. The van der Waals surface area contributed by atoms with Gasteiger partial charge in [-0.2, -0.15) is 4.31 Å². The summed E-state index contributed by atoms with van der Waals surface area (Å²) in [5.41, 5.74) is 2.73. The van der Waals surface area contributed by atoms with Crippen LogP contribution in [-0.4, -0.2) is 43.2 Å². The molecule has 0 saturated carbocycles. The Morgan fingerprint density at radius 1 is 1.14 bits per heavy atom. The molecule has 28 heavy (non-hydrogen) atoms. The maximum absolute atomic E-state index is 13.2. The molecule has 2 aromatic rings. The van der Waals surface area contributed by atoms with E-state index >= 15 is 0 Å². The van der Waals surface area contributed by atoms with Crippen molar-refractivity contribution in [1.29, 1.82) is 0 Å². The van der Waals surface area contributed by atoms with E-state index in [9.17, 15) is 13.2 Å². The Labute approximate surface area is 168 Å². The first-order valence-corrected chi connectivity index (χ1v) is 11.1. The van der Waals surface area contributed by atoms with Crippen LogP contribution in [-0.2, 0) is 10.0 Å². The first kappa shape index (κ1) is 20.6. The SMILES string of the molecule is Cc1ccc(C2CCCN2C(=O)c2cccc(S(=O)(=O)N(C)C(C)C)c2)cc1. The fourth-order valence-corrected chi connectivity index (χ4v) is 4.96.